The number of aromatic amines is 1. The highest BCUT2D eigenvalue weighted by molar-refractivity contribution is 6.00. The monoisotopic (exact) mass is 381 g/mol. The van der Waals surface area contributed by atoms with Crippen LogP contribution in [0.1, 0.15) is 40.1 Å². The van der Waals surface area contributed by atoms with Crippen LogP contribution in [0.5, 0.6) is 0 Å². The van der Waals surface area contributed by atoms with Crippen LogP contribution in [0.2, 0.25) is 0 Å². The number of aromatic nitrogens is 2. The van der Waals surface area contributed by atoms with Crippen LogP contribution in [-0.2, 0) is 15.9 Å². The molecule has 1 aromatic carbocycles. The second-order valence-corrected chi connectivity index (χ2v) is 6.69. The van der Waals surface area contributed by atoms with E-state index >= 15 is 0 Å². The van der Waals surface area contributed by atoms with Crippen LogP contribution in [0.3, 0.4) is 0 Å². The zero-order valence-corrected chi connectivity index (χ0v) is 16.1. The van der Waals surface area contributed by atoms with E-state index in [0.717, 1.165) is 17.5 Å². The van der Waals surface area contributed by atoms with Crippen LogP contribution in [0.15, 0.2) is 47.1 Å². The first kappa shape index (κ1) is 18.5. The number of furan rings is 1. The van der Waals surface area contributed by atoms with Crippen molar-refractivity contribution in [3.05, 3.63) is 65.0 Å². The minimum absolute atomic E-state index is 0.160. The molecule has 0 saturated carbocycles. The van der Waals surface area contributed by atoms with Gasteiger partial charge in [-0.15, -0.1) is 0 Å². The van der Waals surface area contributed by atoms with Crippen molar-refractivity contribution in [3.63, 3.8) is 0 Å². The lowest BCUT2D eigenvalue weighted by Crippen LogP contribution is -2.38. The standard InChI is InChI=1S/C21H23N3O4/c1-4-13-7-9-14(10-8-13)20-17-18(15-6-5-11-28-15)22-23-19(17)21(25)24(20)12-16(26-2)27-3/h5-11,16,20H,4,12H2,1-3H3,(H,22,23). The number of H-pyrrole nitrogens is 1. The predicted octanol–water partition coefficient (Wildman–Crippen LogP) is 3.40. The van der Waals surface area contributed by atoms with Gasteiger partial charge in [-0.25, -0.2) is 0 Å². The van der Waals surface area contributed by atoms with Crippen molar-refractivity contribution < 1.29 is 18.7 Å². The van der Waals surface area contributed by atoms with Crippen LogP contribution in [0.25, 0.3) is 11.5 Å². The maximum Gasteiger partial charge on any atom is 0.275 e. The van der Waals surface area contributed by atoms with Gasteiger partial charge in [0.15, 0.2) is 17.7 Å². The molecule has 3 aromatic rings. The molecule has 7 heteroatoms. The fraction of sp³-hybridized carbons (Fsp3) is 0.333. The van der Waals surface area contributed by atoms with Gasteiger partial charge in [-0.3, -0.25) is 9.89 Å². The van der Waals surface area contributed by atoms with Gasteiger partial charge in [0.05, 0.1) is 18.8 Å². The average Bonchev–Trinajstić information content (AvgIpc) is 3.45. The third-order valence-electron chi connectivity index (χ3n) is 5.20. The summed E-state index contributed by atoms with van der Waals surface area (Å²) < 4.78 is 16.3. The molecule has 0 fully saturated rings. The lowest BCUT2D eigenvalue weighted by molar-refractivity contribution is -0.113. The molecule has 7 nitrogen and oxygen atoms in total. The summed E-state index contributed by atoms with van der Waals surface area (Å²) >= 11 is 0. The predicted molar refractivity (Wildman–Crippen MR) is 103 cm³/mol. The molecule has 0 spiro atoms. The van der Waals surface area contributed by atoms with Crippen molar-refractivity contribution in [1.82, 2.24) is 15.1 Å². The fourth-order valence-corrected chi connectivity index (χ4v) is 3.67. The van der Waals surface area contributed by atoms with Crippen molar-refractivity contribution >= 4 is 5.91 Å². The highest BCUT2D eigenvalue weighted by Gasteiger charge is 2.43. The highest BCUT2D eigenvalue weighted by atomic mass is 16.7. The second-order valence-electron chi connectivity index (χ2n) is 6.69. The third kappa shape index (κ3) is 3.02. The molecule has 1 amide bonds. The van der Waals surface area contributed by atoms with Gasteiger partial charge in [0.2, 0.25) is 0 Å². The average molecular weight is 381 g/mol. The normalized spacial score (nSPS) is 16.2. The van der Waals surface area contributed by atoms with E-state index in [0.29, 0.717) is 23.7 Å². The Morgan fingerprint density at radius 1 is 1.21 bits per heavy atom. The van der Waals surface area contributed by atoms with E-state index in [-0.39, 0.29) is 11.9 Å². The summed E-state index contributed by atoms with van der Waals surface area (Å²) in [5.41, 5.74) is 4.18. The van der Waals surface area contributed by atoms with Gasteiger partial charge in [0.25, 0.3) is 5.91 Å². The summed E-state index contributed by atoms with van der Waals surface area (Å²) in [6.07, 6.45) is 2.03. The van der Waals surface area contributed by atoms with Crippen molar-refractivity contribution in [2.75, 3.05) is 20.8 Å². The number of hydrogen-bond acceptors (Lipinski definition) is 5. The SMILES string of the molecule is CCc1ccc(C2c3c(n[nH]c3-c3ccco3)C(=O)N2CC(OC)OC)cc1. The summed E-state index contributed by atoms with van der Waals surface area (Å²) in [6, 6.07) is 11.7. The van der Waals surface area contributed by atoms with E-state index < -0.39 is 6.29 Å². The molecule has 1 aliphatic heterocycles. The van der Waals surface area contributed by atoms with Gasteiger partial charge < -0.3 is 18.8 Å². The van der Waals surface area contributed by atoms with Gasteiger partial charge in [0, 0.05) is 19.8 Å². The molecular formula is C21H23N3O4. The zero-order valence-electron chi connectivity index (χ0n) is 16.1. The van der Waals surface area contributed by atoms with Crippen LogP contribution >= 0.6 is 0 Å². The number of fused-ring (bicyclic) bond motifs is 1. The molecule has 1 unspecified atom stereocenters. The molecule has 28 heavy (non-hydrogen) atoms. The number of methoxy groups -OCH3 is 2. The first-order chi connectivity index (χ1) is 13.7. The molecule has 4 rings (SSSR count). The summed E-state index contributed by atoms with van der Waals surface area (Å²) in [5, 5.41) is 7.27. The Kier molecular flexibility index (Phi) is 5.02. The van der Waals surface area contributed by atoms with E-state index in [1.165, 1.54) is 5.56 Å². The van der Waals surface area contributed by atoms with Gasteiger partial charge in [0.1, 0.15) is 5.69 Å². The summed E-state index contributed by atoms with van der Waals surface area (Å²) in [7, 11) is 3.13. The molecule has 1 aliphatic rings. The highest BCUT2D eigenvalue weighted by Crippen LogP contribution is 2.43. The quantitative estimate of drug-likeness (QED) is 0.635. The van der Waals surface area contributed by atoms with Gasteiger partial charge in [-0.1, -0.05) is 31.2 Å². The molecule has 0 bridgehead atoms. The minimum atomic E-state index is -0.526. The van der Waals surface area contributed by atoms with Crippen LogP contribution in [0.4, 0.5) is 0 Å². The number of aryl methyl sites for hydroxylation is 1. The van der Waals surface area contributed by atoms with E-state index in [1.54, 1.807) is 25.4 Å². The fourth-order valence-electron chi connectivity index (χ4n) is 3.67. The van der Waals surface area contributed by atoms with Gasteiger partial charge in [-0.05, 0) is 29.7 Å². The molecule has 0 saturated heterocycles. The molecule has 1 atom stereocenters. The van der Waals surface area contributed by atoms with Crippen molar-refractivity contribution in [2.45, 2.75) is 25.7 Å². The molecule has 146 valence electrons. The molecule has 2 aromatic heterocycles. The molecular weight excluding hydrogens is 358 g/mol. The smallest absolute Gasteiger partial charge is 0.275 e. The molecule has 3 heterocycles. The van der Waals surface area contributed by atoms with Gasteiger partial charge in [-0.2, -0.15) is 5.10 Å². The first-order valence-corrected chi connectivity index (χ1v) is 9.25. The van der Waals surface area contributed by atoms with Crippen molar-refractivity contribution in [2.24, 2.45) is 0 Å². The molecule has 1 N–H and O–H groups in total. The van der Waals surface area contributed by atoms with Crippen LogP contribution in [0, 0.1) is 0 Å². The number of benzene rings is 1. The number of nitrogens with zero attached hydrogens (tertiary/aromatic N) is 2. The largest absolute Gasteiger partial charge is 0.463 e. The van der Waals surface area contributed by atoms with Crippen molar-refractivity contribution in [1.29, 1.82) is 0 Å². The number of carbonyl (C=O) groups is 1. The Bertz CT molecular complexity index is 943. The number of carbonyl (C=O) groups excluding carboxylic acids is 1. The maximum absolute atomic E-state index is 13.2. The van der Waals surface area contributed by atoms with E-state index in [4.69, 9.17) is 13.9 Å². The summed E-state index contributed by atoms with van der Waals surface area (Å²) in [6.45, 7) is 2.41. The minimum Gasteiger partial charge on any atom is -0.463 e. The Morgan fingerprint density at radius 3 is 2.57 bits per heavy atom. The Morgan fingerprint density at radius 2 is 1.96 bits per heavy atom. The van der Waals surface area contributed by atoms with E-state index in [9.17, 15) is 4.79 Å². The Hall–Kier alpha value is -2.90. The number of nitrogens with one attached hydrogen (secondary N) is 1. The van der Waals surface area contributed by atoms with Gasteiger partial charge >= 0.3 is 0 Å². The number of amides is 1. The van der Waals surface area contributed by atoms with E-state index in [1.807, 2.05) is 12.1 Å². The first-order valence-electron chi connectivity index (χ1n) is 9.25. The number of rotatable bonds is 7. The van der Waals surface area contributed by atoms with Crippen LogP contribution in [-0.4, -0.2) is 48.1 Å². The third-order valence-corrected chi connectivity index (χ3v) is 5.20. The lowest BCUT2D eigenvalue weighted by Gasteiger charge is -2.29. The van der Waals surface area contributed by atoms with E-state index in [2.05, 4.69) is 41.4 Å². The Labute approximate surface area is 163 Å². The Balaban J connectivity index is 1.82. The maximum atomic E-state index is 13.2. The van der Waals surface area contributed by atoms with Crippen LogP contribution < -0.4 is 0 Å². The zero-order chi connectivity index (χ0) is 19.7. The number of hydrogen-bond donors (Lipinski definition) is 1. The second kappa shape index (κ2) is 7.61. The number of ether oxygens (including phenoxy) is 2. The topological polar surface area (TPSA) is 80.6 Å². The lowest BCUT2D eigenvalue weighted by atomic mass is 9.96. The summed E-state index contributed by atoms with van der Waals surface area (Å²) in [5.74, 6) is 0.487. The molecule has 0 radical (unpaired) electrons. The summed E-state index contributed by atoms with van der Waals surface area (Å²) in [4.78, 5) is 14.9. The van der Waals surface area contributed by atoms with Crippen molar-refractivity contribution in [3.8, 4) is 11.5 Å². The molecule has 0 aliphatic carbocycles.